The first-order chi connectivity index (χ1) is 8.47. The minimum Gasteiger partial charge on any atom is -0.393 e. The maximum Gasteiger partial charge on any atom is 0.294 e. The highest BCUT2D eigenvalue weighted by atomic mass is 35.5. The molecule has 2 rings (SSSR count). The van der Waals surface area contributed by atoms with Gasteiger partial charge in [0.2, 0.25) is 0 Å². The van der Waals surface area contributed by atoms with E-state index >= 15 is 0 Å². The standard InChI is InChI=1S/C13H16ClN3O/c1-4-16-9(3)12(15)13(18)17(16)11-6-5-10(14)7-8(11)2/h5-7H,4,15H2,1-3H3. The van der Waals surface area contributed by atoms with E-state index in [0.29, 0.717) is 17.3 Å². The maximum atomic E-state index is 12.2. The van der Waals surface area contributed by atoms with Crippen LogP contribution in [-0.2, 0) is 6.54 Å². The second kappa shape index (κ2) is 4.53. The molecule has 18 heavy (non-hydrogen) atoms. The Hall–Kier alpha value is -1.68. The van der Waals surface area contributed by atoms with Crippen molar-refractivity contribution in [1.29, 1.82) is 0 Å². The van der Waals surface area contributed by atoms with Crippen molar-refractivity contribution in [2.75, 3.05) is 5.73 Å². The quantitative estimate of drug-likeness (QED) is 0.907. The Morgan fingerprint density at radius 3 is 2.56 bits per heavy atom. The molecule has 1 aromatic carbocycles. The lowest BCUT2D eigenvalue weighted by Crippen LogP contribution is -2.22. The number of aryl methyl sites for hydroxylation is 1. The van der Waals surface area contributed by atoms with E-state index in [-0.39, 0.29) is 5.56 Å². The zero-order valence-electron chi connectivity index (χ0n) is 10.7. The number of hydrogen-bond acceptors (Lipinski definition) is 2. The van der Waals surface area contributed by atoms with Gasteiger partial charge in [0.1, 0.15) is 5.69 Å². The van der Waals surface area contributed by atoms with Crippen LogP contribution in [0.4, 0.5) is 5.69 Å². The summed E-state index contributed by atoms with van der Waals surface area (Å²) in [4.78, 5) is 12.2. The Balaban J connectivity index is 2.79. The average molecular weight is 266 g/mol. The number of nitrogens with zero attached hydrogens (tertiary/aromatic N) is 2. The van der Waals surface area contributed by atoms with Crippen molar-refractivity contribution in [3.8, 4) is 5.69 Å². The van der Waals surface area contributed by atoms with Crippen LogP contribution in [0.3, 0.4) is 0 Å². The van der Waals surface area contributed by atoms with Gasteiger partial charge in [-0.2, -0.15) is 0 Å². The molecule has 0 atom stereocenters. The molecule has 1 aromatic heterocycles. The highest BCUT2D eigenvalue weighted by Gasteiger charge is 2.15. The maximum absolute atomic E-state index is 12.2. The zero-order valence-corrected chi connectivity index (χ0v) is 11.5. The predicted molar refractivity (Wildman–Crippen MR) is 74.6 cm³/mol. The van der Waals surface area contributed by atoms with Gasteiger partial charge in [-0.25, -0.2) is 4.68 Å². The van der Waals surface area contributed by atoms with Crippen molar-refractivity contribution in [2.45, 2.75) is 27.3 Å². The predicted octanol–water partition coefficient (Wildman–Crippen LogP) is 2.51. The third-order valence-electron chi connectivity index (χ3n) is 3.13. The Morgan fingerprint density at radius 1 is 1.33 bits per heavy atom. The SMILES string of the molecule is CCn1c(C)c(N)c(=O)n1-c1ccc(Cl)cc1C. The molecule has 1 heterocycles. The summed E-state index contributed by atoms with van der Waals surface area (Å²) in [7, 11) is 0. The van der Waals surface area contributed by atoms with E-state index in [2.05, 4.69) is 0 Å². The first-order valence-corrected chi connectivity index (χ1v) is 6.19. The van der Waals surface area contributed by atoms with E-state index in [1.807, 2.05) is 37.6 Å². The van der Waals surface area contributed by atoms with Crippen molar-refractivity contribution in [1.82, 2.24) is 9.36 Å². The van der Waals surface area contributed by atoms with Gasteiger partial charge in [-0.05, 0) is 44.5 Å². The summed E-state index contributed by atoms with van der Waals surface area (Å²) in [6.45, 7) is 6.43. The van der Waals surface area contributed by atoms with Gasteiger partial charge in [0.05, 0.1) is 11.4 Å². The lowest BCUT2D eigenvalue weighted by molar-refractivity contribution is 0.558. The number of aromatic nitrogens is 2. The molecular weight excluding hydrogens is 250 g/mol. The highest BCUT2D eigenvalue weighted by Crippen LogP contribution is 2.20. The molecule has 0 aliphatic rings. The molecule has 0 amide bonds. The van der Waals surface area contributed by atoms with Crippen LogP contribution in [0.25, 0.3) is 5.69 Å². The molecule has 0 fully saturated rings. The van der Waals surface area contributed by atoms with Gasteiger partial charge >= 0.3 is 0 Å². The molecule has 4 nitrogen and oxygen atoms in total. The summed E-state index contributed by atoms with van der Waals surface area (Å²) in [6, 6.07) is 5.45. The van der Waals surface area contributed by atoms with Crippen LogP contribution in [0.5, 0.6) is 0 Å². The number of rotatable bonds is 2. The molecule has 2 aromatic rings. The van der Waals surface area contributed by atoms with Crippen molar-refractivity contribution >= 4 is 17.3 Å². The normalized spacial score (nSPS) is 10.9. The summed E-state index contributed by atoms with van der Waals surface area (Å²) >= 11 is 5.94. The number of nitrogens with two attached hydrogens (primary N) is 1. The first-order valence-electron chi connectivity index (χ1n) is 5.81. The number of hydrogen-bond donors (Lipinski definition) is 1. The van der Waals surface area contributed by atoms with Gasteiger partial charge in [0.15, 0.2) is 0 Å². The van der Waals surface area contributed by atoms with Crippen LogP contribution in [0.2, 0.25) is 5.02 Å². The Bertz CT molecular complexity index is 655. The molecule has 0 aliphatic heterocycles. The van der Waals surface area contributed by atoms with E-state index in [4.69, 9.17) is 17.3 Å². The molecule has 96 valence electrons. The van der Waals surface area contributed by atoms with Gasteiger partial charge in [-0.3, -0.25) is 9.48 Å². The molecule has 0 unspecified atom stereocenters. The monoisotopic (exact) mass is 265 g/mol. The smallest absolute Gasteiger partial charge is 0.294 e. The second-order valence-corrected chi connectivity index (χ2v) is 4.70. The molecule has 0 spiro atoms. The van der Waals surface area contributed by atoms with Crippen molar-refractivity contribution in [3.63, 3.8) is 0 Å². The van der Waals surface area contributed by atoms with E-state index in [9.17, 15) is 4.79 Å². The van der Waals surface area contributed by atoms with Crippen LogP contribution in [0, 0.1) is 13.8 Å². The van der Waals surface area contributed by atoms with Crippen LogP contribution < -0.4 is 11.3 Å². The van der Waals surface area contributed by atoms with Crippen LogP contribution in [0.15, 0.2) is 23.0 Å². The molecule has 0 saturated carbocycles. The Labute approximate surface area is 111 Å². The molecule has 5 heteroatoms. The molecule has 0 saturated heterocycles. The molecule has 0 bridgehead atoms. The molecule has 0 radical (unpaired) electrons. The summed E-state index contributed by atoms with van der Waals surface area (Å²) in [6.07, 6.45) is 0. The lowest BCUT2D eigenvalue weighted by atomic mass is 10.2. The third-order valence-corrected chi connectivity index (χ3v) is 3.36. The van der Waals surface area contributed by atoms with E-state index < -0.39 is 0 Å². The number of halogens is 1. The number of anilines is 1. The molecule has 2 N–H and O–H groups in total. The van der Waals surface area contributed by atoms with E-state index in [1.165, 1.54) is 0 Å². The molecular formula is C13H16ClN3O. The fraction of sp³-hybridized carbons (Fsp3) is 0.308. The van der Waals surface area contributed by atoms with Crippen LogP contribution in [0.1, 0.15) is 18.2 Å². The van der Waals surface area contributed by atoms with E-state index in [1.54, 1.807) is 10.7 Å². The number of nitrogen functional groups attached to an aromatic ring is 1. The molecule has 0 aliphatic carbocycles. The third kappa shape index (κ3) is 1.82. The highest BCUT2D eigenvalue weighted by molar-refractivity contribution is 6.30. The number of benzene rings is 1. The van der Waals surface area contributed by atoms with Crippen molar-refractivity contribution < 1.29 is 0 Å². The van der Waals surface area contributed by atoms with Crippen molar-refractivity contribution in [3.05, 3.63) is 44.8 Å². The largest absolute Gasteiger partial charge is 0.393 e. The summed E-state index contributed by atoms with van der Waals surface area (Å²) in [5.74, 6) is 0. The van der Waals surface area contributed by atoms with Crippen molar-refractivity contribution in [2.24, 2.45) is 0 Å². The lowest BCUT2D eigenvalue weighted by Gasteiger charge is -2.13. The fourth-order valence-corrected chi connectivity index (χ4v) is 2.37. The summed E-state index contributed by atoms with van der Waals surface area (Å²) in [5.41, 5.74) is 8.47. The van der Waals surface area contributed by atoms with Gasteiger partial charge in [-0.15, -0.1) is 0 Å². The zero-order chi connectivity index (χ0) is 13.4. The topological polar surface area (TPSA) is 52.9 Å². The first kappa shape index (κ1) is 12.8. The average Bonchev–Trinajstić information content (AvgIpc) is 2.54. The van der Waals surface area contributed by atoms with Crippen LogP contribution in [-0.4, -0.2) is 9.36 Å². The van der Waals surface area contributed by atoms with E-state index in [0.717, 1.165) is 16.9 Å². The summed E-state index contributed by atoms with van der Waals surface area (Å²) in [5, 5.41) is 0.656. The second-order valence-electron chi connectivity index (χ2n) is 4.26. The van der Waals surface area contributed by atoms with Gasteiger partial charge in [0, 0.05) is 11.6 Å². The van der Waals surface area contributed by atoms with Gasteiger partial charge < -0.3 is 5.73 Å². The summed E-state index contributed by atoms with van der Waals surface area (Å²) < 4.78 is 3.48. The Kier molecular flexibility index (Phi) is 3.22. The van der Waals surface area contributed by atoms with Gasteiger partial charge in [0.25, 0.3) is 5.56 Å². The fourth-order valence-electron chi connectivity index (χ4n) is 2.14. The minimum atomic E-state index is -0.181. The van der Waals surface area contributed by atoms with Crippen LogP contribution >= 0.6 is 11.6 Å². The minimum absolute atomic E-state index is 0.181. The van der Waals surface area contributed by atoms with Gasteiger partial charge in [-0.1, -0.05) is 11.6 Å². The Morgan fingerprint density at radius 2 is 2.00 bits per heavy atom.